The van der Waals surface area contributed by atoms with Gasteiger partial charge in [-0.1, -0.05) is 15.9 Å². The number of carbonyl (C=O) groups is 1. The van der Waals surface area contributed by atoms with Crippen LogP contribution < -0.4 is 9.64 Å². The summed E-state index contributed by atoms with van der Waals surface area (Å²) >= 11 is 3.42. The Morgan fingerprint density at radius 2 is 2.35 bits per heavy atom. The largest absolute Gasteiger partial charge is 0.497 e. The lowest BCUT2D eigenvalue weighted by atomic mass is 10.1. The highest BCUT2D eigenvalue weighted by Gasteiger charge is 2.30. The monoisotopic (exact) mass is 294 g/mol. The van der Waals surface area contributed by atoms with Crippen molar-refractivity contribution in [3.63, 3.8) is 0 Å². The van der Waals surface area contributed by atoms with Crippen molar-refractivity contribution in [2.45, 2.75) is 11.2 Å². The fourth-order valence-corrected chi connectivity index (χ4v) is 2.43. The summed E-state index contributed by atoms with van der Waals surface area (Å²) < 4.78 is 5.06. The molecule has 17 heavy (non-hydrogen) atoms. The van der Waals surface area contributed by atoms with Gasteiger partial charge >= 0.3 is 0 Å². The molecule has 0 aliphatic carbocycles. The number of methoxy groups -OCH3 is 1. The molecule has 88 valence electrons. The van der Waals surface area contributed by atoms with Gasteiger partial charge in [-0.05, 0) is 18.2 Å². The van der Waals surface area contributed by atoms with Crippen molar-refractivity contribution in [2.24, 2.45) is 0 Å². The van der Waals surface area contributed by atoms with E-state index in [0.29, 0.717) is 30.0 Å². The first-order valence-electron chi connectivity index (χ1n) is 5.18. The number of alkyl halides is 1. The zero-order valence-corrected chi connectivity index (χ0v) is 10.9. The molecular weight excluding hydrogens is 284 g/mol. The molecule has 1 aromatic carbocycles. The van der Waals surface area contributed by atoms with E-state index in [2.05, 4.69) is 22.0 Å². The van der Waals surface area contributed by atoms with Crippen LogP contribution in [0.25, 0.3) is 0 Å². The minimum Gasteiger partial charge on any atom is -0.497 e. The topological polar surface area (TPSA) is 53.3 Å². The lowest BCUT2D eigenvalue weighted by molar-refractivity contribution is -0.117. The van der Waals surface area contributed by atoms with Crippen LogP contribution >= 0.6 is 15.9 Å². The van der Waals surface area contributed by atoms with E-state index in [1.807, 2.05) is 0 Å². The molecule has 0 saturated carbocycles. The fourth-order valence-electron chi connectivity index (χ4n) is 1.86. The fraction of sp³-hybridized carbons (Fsp3) is 0.333. The van der Waals surface area contributed by atoms with Gasteiger partial charge in [-0.15, -0.1) is 0 Å². The van der Waals surface area contributed by atoms with Gasteiger partial charge in [0.2, 0.25) is 5.91 Å². The van der Waals surface area contributed by atoms with Crippen molar-refractivity contribution in [2.75, 3.05) is 18.6 Å². The second-order valence-electron chi connectivity index (χ2n) is 3.80. The second kappa shape index (κ2) is 4.76. The molecule has 1 aliphatic rings. The highest BCUT2D eigenvalue weighted by atomic mass is 79.9. The van der Waals surface area contributed by atoms with Crippen LogP contribution in [0.2, 0.25) is 0 Å². The van der Waals surface area contributed by atoms with Gasteiger partial charge < -0.3 is 9.64 Å². The predicted octanol–water partition coefficient (Wildman–Crippen LogP) is 2.07. The molecule has 4 nitrogen and oxygen atoms in total. The molecule has 1 fully saturated rings. The SMILES string of the molecule is COc1ccc(N2CC(Br)CC2=O)c(C#N)c1. The standard InChI is InChI=1S/C12H11BrN2O2/c1-17-10-2-3-11(8(4-10)6-14)15-7-9(13)5-12(15)16/h2-4,9H,5,7H2,1H3. The Morgan fingerprint density at radius 1 is 1.59 bits per heavy atom. The quantitative estimate of drug-likeness (QED) is 0.785. The molecule has 1 atom stereocenters. The van der Waals surface area contributed by atoms with Crippen LogP contribution in [0.3, 0.4) is 0 Å². The van der Waals surface area contributed by atoms with E-state index < -0.39 is 0 Å². The summed E-state index contributed by atoms with van der Waals surface area (Å²) in [5.74, 6) is 0.654. The van der Waals surface area contributed by atoms with E-state index in [-0.39, 0.29) is 10.7 Å². The van der Waals surface area contributed by atoms with E-state index in [9.17, 15) is 4.79 Å². The van der Waals surface area contributed by atoms with E-state index in [0.717, 1.165) is 0 Å². The molecule has 1 aliphatic heterocycles. The number of ether oxygens (including phenoxy) is 1. The lowest BCUT2D eigenvalue weighted by Gasteiger charge is -2.17. The summed E-state index contributed by atoms with van der Waals surface area (Å²) in [6.45, 7) is 0.597. The molecule has 0 aromatic heterocycles. The van der Waals surface area contributed by atoms with E-state index in [4.69, 9.17) is 10.00 Å². The van der Waals surface area contributed by atoms with Crippen LogP contribution in [0.5, 0.6) is 5.75 Å². The Kier molecular flexibility index (Phi) is 3.34. The van der Waals surface area contributed by atoms with Crippen LogP contribution in [-0.4, -0.2) is 24.4 Å². The zero-order chi connectivity index (χ0) is 12.4. The van der Waals surface area contributed by atoms with Crippen LogP contribution in [-0.2, 0) is 4.79 Å². The van der Waals surface area contributed by atoms with Crippen molar-refractivity contribution in [3.05, 3.63) is 23.8 Å². The Bertz CT molecular complexity index is 496. The van der Waals surface area contributed by atoms with Crippen LogP contribution in [0, 0.1) is 11.3 Å². The van der Waals surface area contributed by atoms with Gasteiger partial charge in [-0.25, -0.2) is 0 Å². The van der Waals surface area contributed by atoms with Gasteiger partial charge in [-0.2, -0.15) is 5.26 Å². The number of halogens is 1. The summed E-state index contributed by atoms with van der Waals surface area (Å²) in [7, 11) is 1.55. The molecule has 2 rings (SSSR count). The number of anilines is 1. The number of rotatable bonds is 2. The molecule has 1 amide bonds. The minimum atomic E-state index is 0.0357. The zero-order valence-electron chi connectivity index (χ0n) is 9.31. The molecule has 0 N–H and O–H groups in total. The number of benzene rings is 1. The molecular formula is C12H11BrN2O2. The second-order valence-corrected chi connectivity index (χ2v) is 5.10. The van der Waals surface area contributed by atoms with Gasteiger partial charge in [-0.3, -0.25) is 4.79 Å². The summed E-state index contributed by atoms with van der Waals surface area (Å²) in [5, 5.41) is 9.10. The molecule has 5 heteroatoms. The molecule has 0 bridgehead atoms. The lowest BCUT2D eigenvalue weighted by Crippen LogP contribution is -2.25. The van der Waals surface area contributed by atoms with Crippen LogP contribution in [0.1, 0.15) is 12.0 Å². The minimum absolute atomic E-state index is 0.0357. The van der Waals surface area contributed by atoms with Gasteiger partial charge in [0.15, 0.2) is 0 Å². The first-order valence-corrected chi connectivity index (χ1v) is 6.10. The van der Waals surface area contributed by atoms with Crippen LogP contribution in [0.15, 0.2) is 18.2 Å². The van der Waals surface area contributed by atoms with E-state index in [1.54, 1.807) is 30.2 Å². The maximum absolute atomic E-state index is 11.8. The third-order valence-corrected chi connectivity index (χ3v) is 3.31. The van der Waals surface area contributed by atoms with E-state index in [1.165, 1.54) is 0 Å². The Hall–Kier alpha value is -1.54. The van der Waals surface area contributed by atoms with Gasteiger partial charge in [0.05, 0.1) is 18.4 Å². The Morgan fingerprint density at radius 3 is 2.88 bits per heavy atom. The molecule has 0 spiro atoms. The maximum Gasteiger partial charge on any atom is 0.228 e. The summed E-state index contributed by atoms with van der Waals surface area (Å²) in [6.07, 6.45) is 0.469. The van der Waals surface area contributed by atoms with Crippen molar-refractivity contribution in [3.8, 4) is 11.8 Å². The summed E-state index contributed by atoms with van der Waals surface area (Å²) in [4.78, 5) is 13.6. The first kappa shape index (κ1) is 11.9. The average Bonchev–Trinajstić information content (AvgIpc) is 2.67. The Labute approximate surface area is 108 Å². The van der Waals surface area contributed by atoms with Gasteiger partial charge in [0, 0.05) is 17.8 Å². The molecule has 1 heterocycles. The number of nitriles is 1. The normalized spacial score (nSPS) is 19.2. The van der Waals surface area contributed by atoms with E-state index >= 15 is 0 Å². The summed E-state index contributed by atoms with van der Waals surface area (Å²) in [5.41, 5.74) is 1.11. The number of hydrogen-bond acceptors (Lipinski definition) is 3. The highest BCUT2D eigenvalue weighted by Crippen LogP contribution is 2.30. The number of carbonyl (C=O) groups excluding carboxylic acids is 1. The van der Waals surface area contributed by atoms with Crippen LogP contribution in [0.4, 0.5) is 5.69 Å². The van der Waals surface area contributed by atoms with Crippen molar-refractivity contribution in [1.29, 1.82) is 5.26 Å². The van der Waals surface area contributed by atoms with Crippen molar-refractivity contribution >= 4 is 27.5 Å². The third-order valence-electron chi connectivity index (χ3n) is 2.69. The average molecular weight is 295 g/mol. The number of nitrogens with zero attached hydrogens (tertiary/aromatic N) is 2. The van der Waals surface area contributed by atoms with Gasteiger partial charge in [0.1, 0.15) is 11.8 Å². The highest BCUT2D eigenvalue weighted by molar-refractivity contribution is 9.09. The first-order chi connectivity index (χ1) is 8.15. The number of amides is 1. The molecule has 1 saturated heterocycles. The molecule has 0 radical (unpaired) electrons. The Balaban J connectivity index is 2.39. The van der Waals surface area contributed by atoms with Crippen molar-refractivity contribution in [1.82, 2.24) is 0 Å². The summed E-state index contributed by atoms with van der Waals surface area (Å²) in [6, 6.07) is 7.24. The maximum atomic E-state index is 11.8. The van der Waals surface area contributed by atoms with Gasteiger partial charge in [0.25, 0.3) is 0 Å². The number of hydrogen-bond donors (Lipinski definition) is 0. The third kappa shape index (κ3) is 2.27. The molecule has 1 unspecified atom stereocenters. The predicted molar refractivity (Wildman–Crippen MR) is 67.4 cm³/mol. The smallest absolute Gasteiger partial charge is 0.228 e. The molecule has 1 aromatic rings. The van der Waals surface area contributed by atoms with Crippen molar-refractivity contribution < 1.29 is 9.53 Å².